The van der Waals surface area contributed by atoms with Gasteiger partial charge in [-0.3, -0.25) is 9.59 Å². The number of nitrogens with zero attached hydrogens (tertiary/aromatic N) is 1. The first kappa shape index (κ1) is 15.9. The first-order valence-corrected chi connectivity index (χ1v) is 6.42. The van der Waals surface area contributed by atoms with Gasteiger partial charge in [0.2, 0.25) is 11.8 Å². The maximum Gasteiger partial charge on any atom is 0.247 e. The van der Waals surface area contributed by atoms with Gasteiger partial charge in [0.1, 0.15) is 23.5 Å². The topological polar surface area (TPSA) is 91.2 Å². The van der Waals surface area contributed by atoms with Gasteiger partial charge in [-0.05, 0) is 12.1 Å². The number of ether oxygens (including phenoxy) is 1. The highest BCUT2D eigenvalue weighted by atomic mass is 32.1. The Morgan fingerprint density at radius 3 is 2.70 bits per heavy atom. The molecule has 0 aliphatic carbocycles. The van der Waals surface area contributed by atoms with Crippen LogP contribution in [0.4, 0.5) is 5.69 Å². The molecule has 1 unspecified atom stereocenters. The van der Waals surface area contributed by atoms with Crippen molar-refractivity contribution in [2.24, 2.45) is 0 Å². The van der Waals surface area contributed by atoms with Gasteiger partial charge in [-0.15, -0.1) is 0 Å². The lowest BCUT2D eigenvalue weighted by Crippen LogP contribution is -2.44. The zero-order chi connectivity index (χ0) is 15.1. The molecule has 20 heavy (non-hydrogen) atoms. The Morgan fingerprint density at radius 2 is 2.20 bits per heavy atom. The number of nitrogens with one attached hydrogen (secondary N) is 2. The van der Waals surface area contributed by atoms with Crippen LogP contribution in [0.15, 0.2) is 18.2 Å². The molecule has 0 aromatic heterocycles. The fourth-order valence-corrected chi connectivity index (χ4v) is 1.83. The number of rotatable bonds is 5. The molecule has 1 aromatic rings. The van der Waals surface area contributed by atoms with E-state index in [1.54, 1.807) is 18.2 Å². The summed E-state index contributed by atoms with van der Waals surface area (Å²) < 4.78 is 5.11. The molecule has 0 saturated carbocycles. The van der Waals surface area contributed by atoms with Crippen LogP contribution in [0.1, 0.15) is 12.5 Å². The highest BCUT2D eigenvalue weighted by molar-refractivity contribution is 7.80. The Bertz CT molecular complexity index is 554. The van der Waals surface area contributed by atoms with E-state index >= 15 is 0 Å². The summed E-state index contributed by atoms with van der Waals surface area (Å²) >= 11 is 4.02. The molecule has 0 aliphatic rings. The van der Waals surface area contributed by atoms with Crippen LogP contribution in [-0.4, -0.2) is 30.7 Å². The molecule has 7 heteroatoms. The van der Waals surface area contributed by atoms with Crippen molar-refractivity contribution in [1.82, 2.24) is 5.32 Å². The van der Waals surface area contributed by atoms with Gasteiger partial charge in [-0.1, -0.05) is 6.07 Å². The number of benzene rings is 1. The van der Waals surface area contributed by atoms with E-state index in [2.05, 4.69) is 23.3 Å². The van der Waals surface area contributed by atoms with Crippen molar-refractivity contribution in [1.29, 1.82) is 5.26 Å². The van der Waals surface area contributed by atoms with Crippen molar-refractivity contribution in [3.05, 3.63) is 23.8 Å². The number of methoxy groups -OCH3 is 1. The van der Waals surface area contributed by atoms with Gasteiger partial charge < -0.3 is 15.4 Å². The SMILES string of the molecule is COc1cccc(C#N)c1NC(=O)C(CS)NC(C)=O. The number of hydrogen-bond acceptors (Lipinski definition) is 5. The molecule has 0 spiro atoms. The number of thiol groups is 1. The third kappa shape index (κ3) is 3.90. The molecule has 0 aliphatic heterocycles. The lowest BCUT2D eigenvalue weighted by molar-refractivity contribution is -0.124. The molecule has 1 rings (SSSR count). The summed E-state index contributed by atoms with van der Waals surface area (Å²) in [5.41, 5.74) is 0.554. The van der Waals surface area contributed by atoms with E-state index in [4.69, 9.17) is 10.00 Å². The van der Waals surface area contributed by atoms with Crippen molar-refractivity contribution >= 4 is 30.1 Å². The Kier molecular flexibility index (Phi) is 5.87. The third-order valence-corrected chi connectivity index (χ3v) is 2.86. The van der Waals surface area contributed by atoms with Gasteiger partial charge in [0.15, 0.2) is 0 Å². The van der Waals surface area contributed by atoms with Crippen molar-refractivity contribution < 1.29 is 14.3 Å². The zero-order valence-electron chi connectivity index (χ0n) is 11.1. The van der Waals surface area contributed by atoms with Crippen LogP contribution in [-0.2, 0) is 9.59 Å². The van der Waals surface area contributed by atoms with Crippen molar-refractivity contribution in [3.8, 4) is 11.8 Å². The fraction of sp³-hybridized carbons (Fsp3) is 0.308. The Morgan fingerprint density at radius 1 is 1.50 bits per heavy atom. The van der Waals surface area contributed by atoms with Gasteiger partial charge in [0, 0.05) is 12.7 Å². The average molecular weight is 293 g/mol. The highest BCUT2D eigenvalue weighted by Crippen LogP contribution is 2.27. The second-order valence-electron chi connectivity index (χ2n) is 3.92. The van der Waals surface area contributed by atoms with Gasteiger partial charge in [-0.2, -0.15) is 17.9 Å². The molecule has 0 fully saturated rings. The van der Waals surface area contributed by atoms with E-state index < -0.39 is 11.9 Å². The molecule has 2 N–H and O–H groups in total. The quantitative estimate of drug-likeness (QED) is 0.705. The third-order valence-electron chi connectivity index (χ3n) is 2.49. The molecule has 1 atom stereocenters. The average Bonchev–Trinajstić information content (AvgIpc) is 2.44. The predicted molar refractivity (Wildman–Crippen MR) is 77.8 cm³/mol. The fourth-order valence-electron chi connectivity index (χ4n) is 1.57. The molecule has 0 radical (unpaired) electrons. The van der Waals surface area contributed by atoms with E-state index in [9.17, 15) is 9.59 Å². The lowest BCUT2D eigenvalue weighted by atomic mass is 10.1. The second kappa shape index (κ2) is 7.40. The number of anilines is 1. The first-order valence-electron chi connectivity index (χ1n) is 5.79. The monoisotopic (exact) mass is 293 g/mol. The number of nitriles is 1. The van der Waals surface area contributed by atoms with E-state index in [-0.39, 0.29) is 22.9 Å². The zero-order valence-corrected chi connectivity index (χ0v) is 12.0. The minimum atomic E-state index is -0.785. The molecule has 2 amide bonds. The van der Waals surface area contributed by atoms with Crippen LogP contribution in [0.5, 0.6) is 5.75 Å². The van der Waals surface area contributed by atoms with Crippen molar-refractivity contribution in [2.45, 2.75) is 13.0 Å². The summed E-state index contributed by atoms with van der Waals surface area (Å²) in [6.45, 7) is 1.31. The molecule has 1 aromatic carbocycles. The Balaban J connectivity index is 3.00. The predicted octanol–water partition coefficient (Wildman–Crippen LogP) is 0.940. The van der Waals surface area contributed by atoms with Crippen LogP contribution in [0.3, 0.4) is 0 Å². The van der Waals surface area contributed by atoms with Crippen LogP contribution in [0.25, 0.3) is 0 Å². The number of carbonyl (C=O) groups excluding carboxylic acids is 2. The maximum absolute atomic E-state index is 12.1. The number of carbonyl (C=O) groups is 2. The summed E-state index contributed by atoms with van der Waals surface area (Å²) in [4.78, 5) is 23.1. The molecular weight excluding hydrogens is 278 g/mol. The van der Waals surface area contributed by atoms with Crippen LogP contribution < -0.4 is 15.4 Å². The Labute approximate surface area is 122 Å². The molecular formula is C13H15N3O3S. The summed E-state index contributed by atoms with van der Waals surface area (Å²) in [5.74, 6) is -0.281. The molecule has 106 valence electrons. The van der Waals surface area contributed by atoms with Gasteiger partial charge in [-0.25, -0.2) is 0 Å². The molecule has 6 nitrogen and oxygen atoms in total. The normalized spacial score (nSPS) is 11.1. The lowest BCUT2D eigenvalue weighted by Gasteiger charge is -2.17. The second-order valence-corrected chi connectivity index (χ2v) is 4.28. The minimum absolute atomic E-state index is 0.141. The summed E-state index contributed by atoms with van der Waals surface area (Å²) in [7, 11) is 1.44. The summed E-state index contributed by atoms with van der Waals surface area (Å²) in [5, 5.41) is 14.1. The first-order chi connectivity index (χ1) is 9.53. The van der Waals surface area contributed by atoms with Gasteiger partial charge in [0.25, 0.3) is 0 Å². The van der Waals surface area contributed by atoms with Crippen molar-refractivity contribution in [2.75, 3.05) is 18.2 Å². The van der Waals surface area contributed by atoms with Crippen LogP contribution in [0, 0.1) is 11.3 Å². The number of para-hydroxylation sites is 1. The van der Waals surface area contributed by atoms with Gasteiger partial charge in [0.05, 0.1) is 12.7 Å². The standard InChI is InChI=1S/C13H15N3O3S/c1-8(17)15-10(7-20)13(18)16-12-9(6-14)4-3-5-11(12)19-2/h3-5,10,20H,7H2,1-2H3,(H,15,17)(H,16,18). The van der Waals surface area contributed by atoms with E-state index in [0.29, 0.717) is 5.75 Å². The van der Waals surface area contributed by atoms with E-state index in [1.165, 1.54) is 14.0 Å². The van der Waals surface area contributed by atoms with Crippen molar-refractivity contribution in [3.63, 3.8) is 0 Å². The molecule has 0 bridgehead atoms. The van der Waals surface area contributed by atoms with E-state index in [0.717, 1.165) is 0 Å². The molecule has 0 saturated heterocycles. The number of hydrogen-bond donors (Lipinski definition) is 3. The highest BCUT2D eigenvalue weighted by Gasteiger charge is 2.20. The smallest absolute Gasteiger partial charge is 0.247 e. The van der Waals surface area contributed by atoms with E-state index in [1.807, 2.05) is 6.07 Å². The Hall–Kier alpha value is -2.20. The van der Waals surface area contributed by atoms with Crippen LogP contribution >= 0.6 is 12.6 Å². The van der Waals surface area contributed by atoms with Gasteiger partial charge >= 0.3 is 0 Å². The van der Waals surface area contributed by atoms with Crippen LogP contribution in [0.2, 0.25) is 0 Å². The summed E-state index contributed by atoms with van der Waals surface area (Å²) in [6.07, 6.45) is 0. The molecule has 0 heterocycles. The maximum atomic E-state index is 12.1. The largest absolute Gasteiger partial charge is 0.495 e. The summed E-state index contributed by atoms with van der Waals surface area (Å²) in [6, 6.07) is 6.03. The number of amides is 2. The minimum Gasteiger partial charge on any atom is -0.495 e.